The molecule has 1 aromatic carbocycles. The van der Waals surface area contributed by atoms with Crippen LogP contribution < -0.4 is 5.32 Å². The number of aromatic nitrogens is 2. The molecule has 1 N–H and O–H groups in total. The van der Waals surface area contributed by atoms with E-state index in [0.717, 1.165) is 24.9 Å². The van der Waals surface area contributed by atoms with Gasteiger partial charge < -0.3 is 5.32 Å². The largest absolute Gasteiger partial charge is 0.348 e. The van der Waals surface area contributed by atoms with Gasteiger partial charge in [-0.15, -0.1) is 0 Å². The molecule has 1 aromatic heterocycles. The second-order valence-corrected chi connectivity index (χ2v) is 5.25. The number of benzene rings is 1. The van der Waals surface area contributed by atoms with Gasteiger partial charge in [-0.2, -0.15) is 0 Å². The number of aryl methyl sites for hydroxylation is 1. The number of fused-ring (bicyclic) bond motifs is 1. The van der Waals surface area contributed by atoms with Crippen molar-refractivity contribution < 1.29 is 4.92 Å². The first-order valence-electron chi connectivity index (χ1n) is 6.69. The molecule has 0 saturated heterocycles. The van der Waals surface area contributed by atoms with Crippen LogP contribution in [-0.2, 0) is 12.8 Å². The summed E-state index contributed by atoms with van der Waals surface area (Å²) < 4.78 is 0. The number of nitro groups is 1. The van der Waals surface area contributed by atoms with Gasteiger partial charge in [-0.05, 0) is 42.9 Å². The Balaban J connectivity index is 2.02. The lowest BCUT2D eigenvalue weighted by atomic mass is 9.90. The summed E-state index contributed by atoms with van der Waals surface area (Å²) in [5, 5.41) is 14.0. The Morgan fingerprint density at radius 3 is 2.86 bits per heavy atom. The van der Waals surface area contributed by atoms with Crippen LogP contribution in [0.1, 0.15) is 24.0 Å². The van der Waals surface area contributed by atoms with Crippen molar-refractivity contribution in [1.82, 2.24) is 9.97 Å². The Morgan fingerprint density at radius 2 is 2.05 bits per heavy atom. The third kappa shape index (κ3) is 2.67. The van der Waals surface area contributed by atoms with E-state index in [-0.39, 0.29) is 16.7 Å². The van der Waals surface area contributed by atoms with Crippen molar-refractivity contribution in [3.63, 3.8) is 0 Å². The average molecular weight is 305 g/mol. The second-order valence-electron chi connectivity index (χ2n) is 4.89. The number of hydrogen-bond acceptors (Lipinski definition) is 5. The second kappa shape index (κ2) is 5.65. The minimum absolute atomic E-state index is 0.124. The monoisotopic (exact) mass is 304 g/mol. The van der Waals surface area contributed by atoms with Gasteiger partial charge in [0.25, 0.3) is 0 Å². The summed E-state index contributed by atoms with van der Waals surface area (Å²) >= 11 is 5.80. The normalized spacial score (nSPS) is 13.6. The van der Waals surface area contributed by atoms with Crippen molar-refractivity contribution in [1.29, 1.82) is 0 Å². The van der Waals surface area contributed by atoms with E-state index in [1.165, 1.54) is 23.9 Å². The SMILES string of the molecule is O=[N+]([O-])c1c(Cl)ncnc1Nc1cccc2c1CCCC2. The zero-order valence-electron chi connectivity index (χ0n) is 11.2. The Morgan fingerprint density at radius 1 is 1.24 bits per heavy atom. The van der Waals surface area contributed by atoms with Crippen LogP contribution in [0, 0.1) is 10.1 Å². The molecule has 1 heterocycles. The molecule has 0 atom stereocenters. The molecule has 0 aliphatic heterocycles. The Bertz CT molecular complexity index is 705. The smallest absolute Gasteiger partial charge is 0.334 e. The van der Waals surface area contributed by atoms with E-state index in [4.69, 9.17) is 11.6 Å². The summed E-state index contributed by atoms with van der Waals surface area (Å²) in [6.45, 7) is 0. The molecular weight excluding hydrogens is 292 g/mol. The molecule has 2 aromatic rings. The number of rotatable bonds is 3. The Kier molecular flexibility index (Phi) is 3.70. The first-order valence-corrected chi connectivity index (χ1v) is 7.07. The van der Waals surface area contributed by atoms with E-state index in [2.05, 4.69) is 21.4 Å². The maximum absolute atomic E-state index is 11.1. The fourth-order valence-corrected chi connectivity index (χ4v) is 2.84. The number of hydrogen-bond donors (Lipinski definition) is 1. The molecule has 0 unspecified atom stereocenters. The lowest BCUT2D eigenvalue weighted by Crippen LogP contribution is -2.08. The minimum atomic E-state index is -0.569. The van der Waals surface area contributed by atoms with Gasteiger partial charge in [-0.3, -0.25) is 10.1 Å². The summed E-state index contributed by atoms with van der Waals surface area (Å²) in [4.78, 5) is 18.2. The highest BCUT2D eigenvalue weighted by molar-refractivity contribution is 6.31. The zero-order chi connectivity index (χ0) is 14.8. The van der Waals surface area contributed by atoms with Gasteiger partial charge >= 0.3 is 5.69 Å². The number of anilines is 2. The van der Waals surface area contributed by atoms with Crippen LogP contribution in [0.4, 0.5) is 17.2 Å². The average Bonchev–Trinajstić information content (AvgIpc) is 2.47. The van der Waals surface area contributed by atoms with E-state index < -0.39 is 4.92 Å². The lowest BCUT2D eigenvalue weighted by Gasteiger charge is -2.19. The summed E-state index contributed by atoms with van der Waals surface area (Å²) in [7, 11) is 0. The molecule has 0 spiro atoms. The third-order valence-electron chi connectivity index (χ3n) is 3.61. The van der Waals surface area contributed by atoms with Crippen molar-refractivity contribution >= 4 is 28.8 Å². The van der Waals surface area contributed by atoms with Crippen LogP contribution >= 0.6 is 11.6 Å². The maximum Gasteiger partial charge on any atom is 0.348 e. The summed E-state index contributed by atoms with van der Waals surface area (Å²) in [5.74, 6) is 0.124. The van der Waals surface area contributed by atoms with E-state index in [9.17, 15) is 10.1 Å². The van der Waals surface area contributed by atoms with E-state index in [1.807, 2.05) is 12.1 Å². The fraction of sp³-hybridized carbons (Fsp3) is 0.286. The van der Waals surface area contributed by atoms with Gasteiger partial charge in [-0.25, -0.2) is 9.97 Å². The molecule has 0 amide bonds. The van der Waals surface area contributed by atoms with Gasteiger partial charge in [0.2, 0.25) is 11.0 Å². The molecule has 0 saturated carbocycles. The topological polar surface area (TPSA) is 81.0 Å². The molecule has 3 rings (SSSR count). The van der Waals surface area contributed by atoms with Crippen LogP contribution in [0.2, 0.25) is 5.15 Å². The predicted molar refractivity (Wildman–Crippen MR) is 80.1 cm³/mol. The quantitative estimate of drug-likeness (QED) is 0.531. The van der Waals surface area contributed by atoms with Gasteiger partial charge in [-0.1, -0.05) is 23.7 Å². The molecule has 1 aliphatic rings. The molecule has 6 nitrogen and oxygen atoms in total. The highest BCUT2D eigenvalue weighted by Crippen LogP contribution is 2.34. The van der Waals surface area contributed by atoms with Crippen LogP contribution in [-0.4, -0.2) is 14.9 Å². The molecular formula is C14H13ClN4O2. The van der Waals surface area contributed by atoms with Gasteiger partial charge in [0.15, 0.2) is 0 Å². The van der Waals surface area contributed by atoms with Gasteiger partial charge in [0, 0.05) is 5.69 Å². The Hall–Kier alpha value is -2.21. The summed E-state index contributed by atoms with van der Waals surface area (Å²) in [5.41, 5.74) is 3.04. The summed E-state index contributed by atoms with van der Waals surface area (Å²) in [6.07, 6.45) is 5.52. The van der Waals surface area contributed by atoms with E-state index in [0.29, 0.717) is 0 Å². The van der Waals surface area contributed by atoms with Crippen LogP contribution in [0.3, 0.4) is 0 Å². The Labute approximate surface area is 126 Å². The molecule has 0 fully saturated rings. The molecule has 0 radical (unpaired) electrons. The first kappa shape index (κ1) is 13.8. The number of nitrogens with zero attached hydrogens (tertiary/aromatic N) is 3. The molecule has 21 heavy (non-hydrogen) atoms. The first-order chi connectivity index (χ1) is 10.2. The van der Waals surface area contributed by atoms with Gasteiger partial charge in [0.05, 0.1) is 4.92 Å². The lowest BCUT2D eigenvalue weighted by molar-refractivity contribution is -0.384. The van der Waals surface area contributed by atoms with Crippen LogP contribution in [0.5, 0.6) is 0 Å². The zero-order valence-corrected chi connectivity index (χ0v) is 11.9. The molecule has 7 heteroatoms. The van der Waals surface area contributed by atoms with E-state index >= 15 is 0 Å². The van der Waals surface area contributed by atoms with Crippen molar-refractivity contribution in [3.8, 4) is 0 Å². The molecule has 0 bridgehead atoms. The minimum Gasteiger partial charge on any atom is -0.334 e. The molecule has 1 aliphatic carbocycles. The predicted octanol–water partition coefficient (Wildman–Crippen LogP) is 3.66. The molecule has 108 valence electrons. The highest BCUT2D eigenvalue weighted by Gasteiger charge is 2.23. The van der Waals surface area contributed by atoms with Crippen molar-refractivity contribution in [2.75, 3.05) is 5.32 Å². The number of nitrogens with one attached hydrogen (secondary N) is 1. The van der Waals surface area contributed by atoms with Crippen molar-refractivity contribution in [2.24, 2.45) is 0 Å². The third-order valence-corrected chi connectivity index (χ3v) is 3.89. The van der Waals surface area contributed by atoms with Gasteiger partial charge in [0.1, 0.15) is 6.33 Å². The van der Waals surface area contributed by atoms with Crippen LogP contribution in [0.25, 0.3) is 0 Å². The van der Waals surface area contributed by atoms with Crippen molar-refractivity contribution in [2.45, 2.75) is 25.7 Å². The van der Waals surface area contributed by atoms with Crippen LogP contribution in [0.15, 0.2) is 24.5 Å². The van der Waals surface area contributed by atoms with Crippen molar-refractivity contribution in [3.05, 3.63) is 50.9 Å². The maximum atomic E-state index is 11.1. The fourth-order valence-electron chi connectivity index (χ4n) is 2.64. The van der Waals surface area contributed by atoms with E-state index in [1.54, 1.807) is 0 Å². The summed E-state index contributed by atoms with van der Waals surface area (Å²) in [6, 6.07) is 5.95. The standard InChI is InChI=1S/C14H13ClN4O2/c15-13-12(19(20)21)14(17-8-16-13)18-11-7-3-5-9-4-1-2-6-10(9)11/h3,5,7-8H,1-2,4,6H2,(H,16,17,18). The highest BCUT2D eigenvalue weighted by atomic mass is 35.5. The number of halogens is 1.